The summed E-state index contributed by atoms with van der Waals surface area (Å²) in [6.45, 7) is 18.9. The molecule has 0 saturated heterocycles. The van der Waals surface area contributed by atoms with E-state index in [1.807, 2.05) is 0 Å². The Labute approximate surface area is 154 Å². The number of hydrogen-bond acceptors (Lipinski definition) is 0. The van der Waals surface area contributed by atoms with Crippen molar-refractivity contribution >= 4 is 20.1 Å². The second-order valence-corrected chi connectivity index (χ2v) is 12.3. The summed E-state index contributed by atoms with van der Waals surface area (Å²) < 4.78 is 0. The summed E-state index contributed by atoms with van der Waals surface area (Å²) in [6.07, 6.45) is 8.27. The van der Waals surface area contributed by atoms with Gasteiger partial charge in [0.25, 0.3) is 0 Å². The van der Waals surface area contributed by atoms with Gasteiger partial charge in [0, 0.05) is 8.41 Å². The van der Waals surface area contributed by atoms with E-state index in [-0.39, 0.29) is 10.8 Å². The molecule has 0 heterocycles. The molecule has 1 aromatic rings. The maximum absolute atomic E-state index is 2.45. The normalized spacial score (nSPS) is 17.3. The van der Waals surface area contributed by atoms with Gasteiger partial charge in [-0.3, -0.25) is 0 Å². The zero-order chi connectivity index (χ0) is 18.6. The minimum absolute atomic E-state index is 0.149. The number of hydrogen-bond donors (Lipinski definition) is 0. The fraction of sp³-hybridized carbons (Fsp3) is 0.458. The van der Waals surface area contributed by atoms with Crippen LogP contribution >= 0.6 is 0 Å². The Morgan fingerprint density at radius 3 is 2.08 bits per heavy atom. The van der Waals surface area contributed by atoms with Crippen LogP contribution in [0.2, 0.25) is 13.1 Å². The molecule has 0 atom stereocenters. The molecule has 3 rings (SSSR count). The number of fused-ring (bicyclic) bond motifs is 1. The third-order valence-electron chi connectivity index (χ3n) is 5.38. The van der Waals surface area contributed by atoms with Crippen molar-refractivity contribution < 1.29 is 0 Å². The molecule has 0 spiro atoms. The van der Waals surface area contributed by atoms with Crippen molar-refractivity contribution in [1.29, 1.82) is 0 Å². The summed E-state index contributed by atoms with van der Waals surface area (Å²) in [5.41, 5.74) is 7.90. The van der Waals surface area contributed by atoms with Crippen LogP contribution in [0.15, 0.2) is 47.1 Å². The molecule has 0 aliphatic heterocycles. The lowest BCUT2D eigenvalue weighted by atomic mass is 9.78. The molecule has 0 bridgehead atoms. The summed E-state index contributed by atoms with van der Waals surface area (Å²) in [5.74, 6) is 0. The van der Waals surface area contributed by atoms with Gasteiger partial charge in [0.15, 0.2) is 0 Å². The van der Waals surface area contributed by atoms with Gasteiger partial charge in [0.05, 0.1) is 0 Å². The Balaban J connectivity index is 2.20. The van der Waals surface area contributed by atoms with Gasteiger partial charge in [-0.1, -0.05) is 90.6 Å². The minimum atomic E-state index is -0.494. The summed E-state index contributed by atoms with van der Waals surface area (Å²) >= 11 is 0. The Morgan fingerprint density at radius 1 is 0.880 bits per heavy atom. The van der Waals surface area contributed by atoms with Crippen LogP contribution in [0.3, 0.4) is 0 Å². The van der Waals surface area contributed by atoms with Crippen LogP contribution in [0.4, 0.5) is 0 Å². The Morgan fingerprint density at radius 2 is 1.56 bits per heavy atom. The maximum atomic E-state index is 2.45. The summed E-state index contributed by atoms with van der Waals surface area (Å²) in [7, 11) is -0.494. The number of benzene rings is 1. The molecular formula is C24H32Si. The van der Waals surface area contributed by atoms with Gasteiger partial charge in [0.1, 0.15) is 0 Å². The van der Waals surface area contributed by atoms with E-state index in [4.69, 9.17) is 0 Å². The molecule has 0 nitrogen and oxygen atoms in total. The molecule has 0 fully saturated rings. The molecular weight excluding hydrogens is 316 g/mol. The van der Waals surface area contributed by atoms with Crippen molar-refractivity contribution in [1.82, 2.24) is 0 Å². The molecule has 0 unspecified atom stereocenters. The van der Waals surface area contributed by atoms with E-state index >= 15 is 0 Å². The van der Waals surface area contributed by atoms with E-state index in [1.165, 1.54) is 21.9 Å². The lowest BCUT2D eigenvalue weighted by molar-refractivity contribution is 0.494. The summed E-state index contributed by atoms with van der Waals surface area (Å²) in [4.78, 5) is 1.58. The van der Waals surface area contributed by atoms with Crippen molar-refractivity contribution in [2.75, 3.05) is 0 Å². The topological polar surface area (TPSA) is 0 Å². The quantitative estimate of drug-likeness (QED) is 0.532. The van der Waals surface area contributed by atoms with Gasteiger partial charge in [0.2, 0.25) is 0 Å². The lowest BCUT2D eigenvalue weighted by Gasteiger charge is -2.26. The van der Waals surface area contributed by atoms with E-state index in [0.29, 0.717) is 0 Å². The summed E-state index contributed by atoms with van der Waals surface area (Å²) in [6, 6.07) is 6.90. The first-order valence-corrected chi connectivity index (χ1v) is 11.9. The van der Waals surface area contributed by atoms with E-state index < -0.39 is 8.41 Å². The van der Waals surface area contributed by atoms with Crippen LogP contribution in [0.1, 0.15) is 53.5 Å². The predicted octanol–water partition coefficient (Wildman–Crippen LogP) is 6.17. The molecule has 1 aromatic carbocycles. The smallest absolute Gasteiger partial charge is 0.0136 e. The van der Waals surface area contributed by atoms with Crippen LogP contribution < -0.4 is 5.22 Å². The molecule has 25 heavy (non-hydrogen) atoms. The largest absolute Gasteiger partial charge is 0.0619 e. The van der Waals surface area contributed by atoms with Gasteiger partial charge in [-0.15, -0.1) is 0 Å². The van der Waals surface area contributed by atoms with Crippen LogP contribution in [0, 0.1) is 15.6 Å². The average Bonchev–Trinajstić information content (AvgIpc) is 3.09. The van der Waals surface area contributed by atoms with Crippen LogP contribution in [-0.4, -0.2) is 8.41 Å². The Bertz CT molecular complexity index is 931. The van der Waals surface area contributed by atoms with E-state index in [1.54, 1.807) is 16.0 Å². The second kappa shape index (κ2) is 6.05. The highest BCUT2D eigenvalue weighted by molar-refractivity contribution is 6.47. The molecule has 0 aromatic heterocycles. The second-order valence-electron chi connectivity index (χ2n) is 9.76. The third kappa shape index (κ3) is 3.31. The van der Waals surface area contributed by atoms with E-state index in [2.05, 4.69) is 91.1 Å². The van der Waals surface area contributed by atoms with Crippen molar-refractivity contribution in [2.45, 2.75) is 61.1 Å². The van der Waals surface area contributed by atoms with E-state index in [9.17, 15) is 0 Å². The first-order valence-electron chi connectivity index (χ1n) is 9.44. The van der Waals surface area contributed by atoms with Crippen molar-refractivity contribution in [3.63, 3.8) is 0 Å². The molecule has 132 valence electrons. The molecule has 1 heteroatoms. The van der Waals surface area contributed by atoms with Gasteiger partial charge >= 0.3 is 0 Å². The van der Waals surface area contributed by atoms with Gasteiger partial charge in [-0.2, -0.15) is 0 Å². The zero-order valence-electron chi connectivity index (χ0n) is 17.2. The summed E-state index contributed by atoms with van der Waals surface area (Å²) in [5, 5.41) is 1.54. The third-order valence-corrected chi connectivity index (χ3v) is 6.87. The number of allylic oxidation sites excluding steroid dienone is 5. The Hall–Kier alpha value is -1.47. The highest BCUT2D eigenvalue weighted by Gasteiger charge is 2.30. The van der Waals surface area contributed by atoms with Crippen LogP contribution in [-0.2, 0) is 0 Å². The minimum Gasteiger partial charge on any atom is -0.0619 e. The van der Waals surface area contributed by atoms with Crippen LogP contribution in [0.25, 0.3) is 11.6 Å². The number of rotatable bonds is 1. The molecule has 0 saturated carbocycles. The molecule has 0 amide bonds. The zero-order valence-corrected chi connectivity index (χ0v) is 18.2. The molecule has 0 radical (unpaired) electrons. The fourth-order valence-corrected chi connectivity index (χ4v) is 5.20. The highest BCUT2D eigenvalue weighted by Crippen LogP contribution is 2.44. The highest BCUT2D eigenvalue weighted by atomic mass is 28.2. The van der Waals surface area contributed by atoms with Crippen molar-refractivity contribution in [2.24, 2.45) is 10.8 Å². The van der Waals surface area contributed by atoms with Crippen LogP contribution in [0.5, 0.6) is 0 Å². The molecule has 0 N–H and O–H groups in total. The standard InChI is InChI=1S/C24H32Si/c1-23(2,3)18-13-12-16(14-18)19-15-17-10-9-11-20(25(7)8)21(17)22(19)24(4,5)6/h9-13,15H,14H2,1-8H3. The maximum Gasteiger partial charge on any atom is 0.0136 e. The van der Waals surface area contributed by atoms with Gasteiger partial charge in [-0.25, -0.2) is 0 Å². The SMILES string of the molecule is C[Si](C)=c1cccc2c1=C(C(C)(C)C)C(C1=CC=C(C(C)(C)C)C1)=C2. The van der Waals surface area contributed by atoms with Crippen molar-refractivity contribution in [3.8, 4) is 0 Å². The monoisotopic (exact) mass is 348 g/mol. The van der Waals surface area contributed by atoms with Crippen molar-refractivity contribution in [3.05, 3.63) is 62.7 Å². The molecule has 2 aliphatic rings. The Kier molecular flexibility index (Phi) is 4.44. The first kappa shape index (κ1) is 18.3. The lowest BCUT2D eigenvalue weighted by Crippen LogP contribution is -2.21. The average molecular weight is 349 g/mol. The predicted molar refractivity (Wildman–Crippen MR) is 113 cm³/mol. The van der Waals surface area contributed by atoms with Gasteiger partial charge in [-0.05, 0) is 55.6 Å². The first-order chi connectivity index (χ1) is 11.5. The fourth-order valence-electron chi connectivity index (χ4n) is 4.01. The van der Waals surface area contributed by atoms with Gasteiger partial charge < -0.3 is 0 Å². The van der Waals surface area contributed by atoms with E-state index in [0.717, 1.165) is 6.42 Å². The molecule has 2 aliphatic carbocycles.